The van der Waals surface area contributed by atoms with Crippen LogP contribution in [0.1, 0.15) is 43.3 Å². The van der Waals surface area contributed by atoms with Gasteiger partial charge >= 0.3 is 0 Å². The first-order valence-corrected chi connectivity index (χ1v) is 4.74. The Morgan fingerprint density at radius 1 is 1.25 bits per heavy atom. The van der Waals surface area contributed by atoms with Gasteiger partial charge in [-0.15, -0.1) is 0 Å². The van der Waals surface area contributed by atoms with E-state index in [1.165, 1.54) is 25.7 Å². The average molecular weight is 164 g/mol. The third-order valence-electron chi connectivity index (χ3n) is 2.59. The summed E-state index contributed by atoms with van der Waals surface area (Å²) < 4.78 is 5.16. The van der Waals surface area contributed by atoms with Gasteiger partial charge in [0.1, 0.15) is 0 Å². The normalized spacial score (nSPS) is 23.0. The van der Waals surface area contributed by atoms with Gasteiger partial charge in [-0.2, -0.15) is 4.98 Å². The molecule has 0 spiro atoms. The van der Waals surface area contributed by atoms with Crippen LogP contribution in [0.3, 0.4) is 0 Å². The summed E-state index contributed by atoms with van der Waals surface area (Å²) >= 11 is 0. The lowest BCUT2D eigenvalue weighted by Crippen LogP contribution is -1.87. The van der Waals surface area contributed by atoms with E-state index in [0.717, 1.165) is 24.1 Å². The summed E-state index contributed by atoms with van der Waals surface area (Å²) in [5.74, 6) is 3.28. The van der Waals surface area contributed by atoms with Gasteiger partial charge < -0.3 is 4.52 Å². The summed E-state index contributed by atoms with van der Waals surface area (Å²) in [4.78, 5) is 4.37. The zero-order valence-corrected chi connectivity index (χ0v) is 6.99. The predicted molar refractivity (Wildman–Crippen MR) is 42.7 cm³/mol. The highest BCUT2D eigenvalue weighted by molar-refractivity contribution is 5.03. The van der Waals surface area contributed by atoms with Crippen molar-refractivity contribution in [2.24, 2.45) is 5.92 Å². The van der Waals surface area contributed by atoms with Crippen LogP contribution in [-0.4, -0.2) is 10.1 Å². The topological polar surface area (TPSA) is 38.9 Å². The summed E-state index contributed by atoms with van der Waals surface area (Å²) in [6.07, 6.45) is 6.22. The maximum atomic E-state index is 5.16. The number of nitrogens with zero attached hydrogens (tertiary/aromatic N) is 2. The lowest BCUT2D eigenvalue weighted by Gasteiger charge is -1.85. The number of hydrogen-bond donors (Lipinski definition) is 0. The largest absolute Gasteiger partial charge is 0.339 e. The van der Waals surface area contributed by atoms with Crippen LogP contribution in [0.5, 0.6) is 0 Å². The Bertz CT molecular complexity index is 286. The monoisotopic (exact) mass is 164 g/mol. The first-order valence-electron chi connectivity index (χ1n) is 4.74. The van der Waals surface area contributed by atoms with Crippen LogP contribution in [0.2, 0.25) is 0 Å². The van der Waals surface area contributed by atoms with Crippen LogP contribution in [0.25, 0.3) is 0 Å². The molecule has 1 aromatic heterocycles. The van der Waals surface area contributed by atoms with Crippen molar-refractivity contribution in [2.75, 3.05) is 0 Å². The van der Waals surface area contributed by atoms with Gasteiger partial charge in [0.2, 0.25) is 5.89 Å². The smallest absolute Gasteiger partial charge is 0.226 e. The average Bonchev–Trinajstić information content (AvgIpc) is 2.92. The Kier molecular flexibility index (Phi) is 1.28. The van der Waals surface area contributed by atoms with Gasteiger partial charge in [0.05, 0.1) is 0 Å². The molecule has 0 radical (unpaired) electrons. The van der Waals surface area contributed by atoms with E-state index in [9.17, 15) is 0 Å². The molecule has 0 aliphatic heterocycles. The van der Waals surface area contributed by atoms with Gasteiger partial charge in [-0.05, 0) is 31.6 Å². The van der Waals surface area contributed by atoms with Crippen molar-refractivity contribution in [1.82, 2.24) is 10.1 Å². The van der Waals surface area contributed by atoms with Gasteiger partial charge in [-0.3, -0.25) is 0 Å². The maximum absolute atomic E-state index is 5.16. The zero-order chi connectivity index (χ0) is 7.97. The van der Waals surface area contributed by atoms with E-state index in [4.69, 9.17) is 4.52 Å². The van der Waals surface area contributed by atoms with Gasteiger partial charge in [-0.25, -0.2) is 0 Å². The standard InChI is InChI=1S/C9H12N2O/c1-2-6(1)5-8-10-9(11-12-8)7-3-4-7/h6-7H,1-5H2. The zero-order valence-electron chi connectivity index (χ0n) is 6.99. The van der Waals surface area contributed by atoms with Crippen LogP contribution in [-0.2, 0) is 6.42 Å². The summed E-state index contributed by atoms with van der Waals surface area (Å²) in [5, 5.41) is 3.97. The second-order valence-electron chi connectivity index (χ2n) is 3.97. The van der Waals surface area contributed by atoms with Crippen molar-refractivity contribution in [3.63, 3.8) is 0 Å². The van der Waals surface area contributed by atoms with Crippen molar-refractivity contribution in [3.05, 3.63) is 11.7 Å². The van der Waals surface area contributed by atoms with Crippen LogP contribution < -0.4 is 0 Å². The molecule has 2 aliphatic rings. The molecule has 0 bridgehead atoms. The highest BCUT2D eigenvalue weighted by Gasteiger charge is 2.30. The molecule has 3 rings (SSSR count). The van der Waals surface area contributed by atoms with Crippen molar-refractivity contribution >= 4 is 0 Å². The molecule has 2 aliphatic carbocycles. The minimum absolute atomic E-state index is 0.627. The third kappa shape index (κ3) is 1.24. The Labute approximate surface area is 71.2 Å². The second-order valence-corrected chi connectivity index (χ2v) is 3.97. The molecule has 3 heteroatoms. The molecule has 2 fully saturated rings. The molecule has 1 aromatic rings. The first kappa shape index (κ1) is 6.63. The summed E-state index contributed by atoms with van der Waals surface area (Å²) in [6, 6.07) is 0. The van der Waals surface area contributed by atoms with Gasteiger partial charge in [0, 0.05) is 12.3 Å². The minimum atomic E-state index is 0.627. The lowest BCUT2D eigenvalue weighted by atomic mass is 10.3. The van der Waals surface area contributed by atoms with Crippen LogP contribution in [0.4, 0.5) is 0 Å². The molecule has 2 saturated carbocycles. The molecular formula is C9H12N2O. The Morgan fingerprint density at radius 3 is 2.75 bits per heavy atom. The van der Waals surface area contributed by atoms with Crippen molar-refractivity contribution in [2.45, 2.75) is 38.0 Å². The van der Waals surface area contributed by atoms with Crippen molar-refractivity contribution in [1.29, 1.82) is 0 Å². The van der Waals surface area contributed by atoms with Gasteiger partial charge in [0.15, 0.2) is 5.82 Å². The maximum Gasteiger partial charge on any atom is 0.226 e. The van der Waals surface area contributed by atoms with E-state index in [2.05, 4.69) is 10.1 Å². The SMILES string of the molecule is C1CC1Cc1nc(C2CC2)no1. The van der Waals surface area contributed by atoms with E-state index < -0.39 is 0 Å². The minimum Gasteiger partial charge on any atom is -0.339 e. The van der Waals surface area contributed by atoms with E-state index in [0.29, 0.717) is 5.92 Å². The first-order chi connectivity index (χ1) is 5.92. The molecule has 0 N–H and O–H groups in total. The van der Waals surface area contributed by atoms with E-state index in [-0.39, 0.29) is 0 Å². The van der Waals surface area contributed by atoms with E-state index in [1.807, 2.05) is 0 Å². The molecule has 3 nitrogen and oxygen atoms in total. The Morgan fingerprint density at radius 2 is 2.08 bits per heavy atom. The fourth-order valence-corrected chi connectivity index (χ4v) is 1.43. The predicted octanol–water partition coefficient (Wildman–Crippen LogP) is 1.90. The molecule has 0 aromatic carbocycles. The third-order valence-corrected chi connectivity index (χ3v) is 2.59. The number of hydrogen-bond acceptors (Lipinski definition) is 3. The molecule has 12 heavy (non-hydrogen) atoms. The summed E-state index contributed by atoms with van der Waals surface area (Å²) in [5.41, 5.74) is 0. The molecular weight excluding hydrogens is 152 g/mol. The van der Waals surface area contributed by atoms with Gasteiger partial charge in [0.25, 0.3) is 0 Å². The Hall–Kier alpha value is -0.860. The molecule has 0 amide bonds. The molecule has 0 saturated heterocycles. The molecule has 64 valence electrons. The quantitative estimate of drug-likeness (QED) is 0.684. The molecule has 0 unspecified atom stereocenters. The summed E-state index contributed by atoms with van der Waals surface area (Å²) in [7, 11) is 0. The van der Waals surface area contributed by atoms with Crippen LogP contribution >= 0.6 is 0 Å². The van der Waals surface area contributed by atoms with Crippen LogP contribution in [0.15, 0.2) is 4.52 Å². The summed E-state index contributed by atoms with van der Waals surface area (Å²) in [6.45, 7) is 0. The highest BCUT2D eigenvalue weighted by atomic mass is 16.5. The fraction of sp³-hybridized carbons (Fsp3) is 0.778. The molecule has 1 heterocycles. The second kappa shape index (κ2) is 2.31. The van der Waals surface area contributed by atoms with Gasteiger partial charge in [-0.1, -0.05) is 5.16 Å². The Balaban J connectivity index is 1.72. The van der Waals surface area contributed by atoms with Crippen molar-refractivity contribution in [3.8, 4) is 0 Å². The fourth-order valence-electron chi connectivity index (χ4n) is 1.43. The highest BCUT2D eigenvalue weighted by Crippen LogP contribution is 2.39. The molecule has 0 atom stereocenters. The van der Waals surface area contributed by atoms with Crippen LogP contribution in [0, 0.1) is 5.92 Å². The van der Waals surface area contributed by atoms with E-state index in [1.54, 1.807) is 0 Å². The number of rotatable bonds is 3. The van der Waals surface area contributed by atoms with Crippen molar-refractivity contribution < 1.29 is 4.52 Å². The number of aromatic nitrogens is 2. The lowest BCUT2D eigenvalue weighted by molar-refractivity contribution is 0.368. The van der Waals surface area contributed by atoms with E-state index >= 15 is 0 Å².